The summed E-state index contributed by atoms with van der Waals surface area (Å²) in [5, 5.41) is 2.74. The molecule has 0 bridgehead atoms. The predicted octanol–water partition coefficient (Wildman–Crippen LogP) is 2.38. The van der Waals surface area contributed by atoms with E-state index in [1.54, 1.807) is 36.4 Å². The lowest BCUT2D eigenvalue weighted by atomic mass is 10.1. The van der Waals surface area contributed by atoms with Crippen molar-refractivity contribution in [2.24, 2.45) is 5.73 Å². The largest absolute Gasteiger partial charge is 0.483 e. The molecule has 2 amide bonds. The van der Waals surface area contributed by atoms with E-state index in [1.807, 2.05) is 6.92 Å². The van der Waals surface area contributed by atoms with Gasteiger partial charge in [-0.05, 0) is 36.8 Å². The second-order valence-electron chi connectivity index (χ2n) is 5.56. The number of amides is 2. The maximum absolute atomic E-state index is 12.2. The molecule has 0 spiro atoms. The number of thioether (sulfide) groups is 1. The predicted molar refractivity (Wildman–Crippen MR) is 103 cm³/mol. The summed E-state index contributed by atoms with van der Waals surface area (Å²) in [5.41, 5.74) is 6.85. The van der Waals surface area contributed by atoms with Crippen molar-refractivity contribution in [1.29, 1.82) is 0 Å². The van der Waals surface area contributed by atoms with Gasteiger partial charge in [0.1, 0.15) is 5.75 Å². The second-order valence-corrected chi connectivity index (χ2v) is 6.58. The fraction of sp³-hybridized carbons (Fsp3) is 0.211. The fourth-order valence-electron chi connectivity index (χ4n) is 2.17. The van der Waals surface area contributed by atoms with E-state index in [4.69, 9.17) is 10.5 Å². The number of carbonyl (C=O) groups excluding carboxylic acids is 3. The molecule has 27 heavy (non-hydrogen) atoms. The summed E-state index contributed by atoms with van der Waals surface area (Å²) >= 11 is 1.24. The molecule has 8 heteroatoms. The summed E-state index contributed by atoms with van der Waals surface area (Å²) in [6.45, 7) is 1.57. The lowest BCUT2D eigenvalue weighted by Crippen LogP contribution is -2.21. The first kappa shape index (κ1) is 20.3. The summed E-state index contributed by atoms with van der Waals surface area (Å²) in [4.78, 5) is 35.5. The van der Waals surface area contributed by atoms with Gasteiger partial charge in [-0.15, -0.1) is 11.8 Å². The molecule has 0 aliphatic carbocycles. The number of aryl methyl sites for hydroxylation is 1. The summed E-state index contributed by atoms with van der Waals surface area (Å²) in [6.07, 6.45) is 0. The van der Waals surface area contributed by atoms with E-state index in [0.717, 1.165) is 10.5 Å². The third kappa shape index (κ3) is 6.03. The number of nitrogens with one attached hydrogen (secondary N) is 1. The van der Waals surface area contributed by atoms with Crippen molar-refractivity contribution >= 4 is 35.2 Å². The highest BCUT2D eigenvalue weighted by molar-refractivity contribution is 8.00. The second kappa shape index (κ2) is 9.63. The number of esters is 1. The quantitative estimate of drug-likeness (QED) is 0.531. The van der Waals surface area contributed by atoms with E-state index in [1.165, 1.54) is 24.9 Å². The van der Waals surface area contributed by atoms with Gasteiger partial charge in [0.25, 0.3) is 5.91 Å². The molecule has 2 rings (SSSR count). The van der Waals surface area contributed by atoms with Gasteiger partial charge in [-0.2, -0.15) is 0 Å². The van der Waals surface area contributed by atoms with Gasteiger partial charge in [0.2, 0.25) is 5.91 Å². The van der Waals surface area contributed by atoms with Crippen LogP contribution >= 0.6 is 11.8 Å². The van der Waals surface area contributed by atoms with Crippen molar-refractivity contribution in [2.45, 2.75) is 11.8 Å². The minimum Gasteiger partial charge on any atom is -0.483 e. The minimum atomic E-state index is -0.482. The number of nitrogens with two attached hydrogens (primary N) is 1. The Morgan fingerprint density at radius 3 is 2.59 bits per heavy atom. The molecular formula is C19H20N2O5S. The highest BCUT2D eigenvalue weighted by Crippen LogP contribution is 2.27. The fourth-order valence-corrected chi connectivity index (χ4v) is 2.92. The highest BCUT2D eigenvalue weighted by Gasteiger charge is 2.12. The summed E-state index contributed by atoms with van der Waals surface area (Å²) < 4.78 is 10.2. The SMILES string of the molecule is COC(=O)c1ccc(C)c(OCC(=O)Nc2ccccc2SCC(N)=O)c1. The summed E-state index contributed by atoms with van der Waals surface area (Å²) in [6, 6.07) is 12.0. The number of hydrogen-bond donors (Lipinski definition) is 2. The van der Waals surface area contributed by atoms with Crippen molar-refractivity contribution in [1.82, 2.24) is 0 Å². The molecule has 0 heterocycles. The zero-order chi connectivity index (χ0) is 19.8. The van der Waals surface area contributed by atoms with Crippen molar-refractivity contribution < 1.29 is 23.9 Å². The summed E-state index contributed by atoms with van der Waals surface area (Å²) in [5.74, 6) is -0.757. The van der Waals surface area contributed by atoms with Crippen LogP contribution in [0.1, 0.15) is 15.9 Å². The van der Waals surface area contributed by atoms with Crippen molar-refractivity contribution in [3.63, 3.8) is 0 Å². The molecule has 0 saturated carbocycles. The van der Waals surface area contributed by atoms with Crippen molar-refractivity contribution in [3.8, 4) is 5.75 Å². The zero-order valence-electron chi connectivity index (χ0n) is 15.0. The van der Waals surface area contributed by atoms with Gasteiger partial charge in [-0.3, -0.25) is 9.59 Å². The maximum Gasteiger partial charge on any atom is 0.337 e. The molecule has 0 aliphatic rings. The Morgan fingerprint density at radius 2 is 1.89 bits per heavy atom. The van der Waals surface area contributed by atoms with Crippen LogP contribution in [0.25, 0.3) is 0 Å². The molecular weight excluding hydrogens is 368 g/mol. The molecule has 2 aromatic carbocycles. The number of hydrogen-bond acceptors (Lipinski definition) is 6. The third-order valence-electron chi connectivity index (χ3n) is 3.50. The van der Waals surface area contributed by atoms with E-state index in [0.29, 0.717) is 17.0 Å². The van der Waals surface area contributed by atoms with Gasteiger partial charge < -0.3 is 20.5 Å². The van der Waals surface area contributed by atoms with Crippen LogP contribution in [0.3, 0.4) is 0 Å². The lowest BCUT2D eigenvalue weighted by molar-refractivity contribution is -0.118. The number of methoxy groups -OCH3 is 1. The van der Waals surface area contributed by atoms with Crippen LogP contribution in [0.4, 0.5) is 5.69 Å². The van der Waals surface area contributed by atoms with Crippen molar-refractivity contribution in [2.75, 3.05) is 24.8 Å². The van der Waals surface area contributed by atoms with Crippen LogP contribution in [-0.4, -0.2) is 37.3 Å². The first-order chi connectivity index (χ1) is 12.9. The van der Waals surface area contributed by atoms with E-state index < -0.39 is 11.9 Å². The Balaban J connectivity index is 2.01. The first-order valence-corrected chi connectivity index (χ1v) is 9.01. The third-order valence-corrected chi connectivity index (χ3v) is 4.59. The molecule has 142 valence electrons. The van der Waals surface area contributed by atoms with Gasteiger partial charge in [0.15, 0.2) is 6.61 Å². The molecule has 3 N–H and O–H groups in total. The van der Waals surface area contributed by atoms with Gasteiger partial charge in [0.05, 0.1) is 24.1 Å². The van der Waals surface area contributed by atoms with Crippen LogP contribution in [0.2, 0.25) is 0 Å². The standard InChI is InChI=1S/C19H20N2O5S/c1-12-7-8-13(19(24)25-2)9-15(12)26-10-18(23)21-14-5-3-4-6-16(14)27-11-17(20)22/h3-9H,10-11H2,1-2H3,(H2,20,22)(H,21,23). The number of ether oxygens (including phenoxy) is 2. The maximum atomic E-state index is 12.2. The number of para-hydroxylation sites is 1. The lowest BCUT2D eigenvalue weighted by Gasteiger charge is -2.12. The van der Waals surface area contributed by atoms with E-state index in [2.05, 4.69) is 10.1 Å². The van der Waals surface area contributed by atoms with Gasteiger partial charge in [-0.25, -0.2) is 4.79 Å². The molecule has 7 nitrogen and oxygen atoms in total. The van der Waals surface area contributed by atoms with Gasteiger partial charge in [-0.1, -0.05) is 18.2 Å². The molecule has 0 aromatic heterocycles. The average molecular weight is 388 g/mol. The van der Waals surface area contributed by atoms with Gasteiger partial charge in [0, 0.05) is 4.90 Å². The number of carbonyl (C=O) groups is 3. The van der Waals surface area contributed by atoms with E-state index >= 15 is 0 Å². The Bertz CT molecular complexity index is 854. The Labute approximate surface area is 161 Å². The normalized spacial score (nSPS) is 10.1. The van der Waals surface area contributed by atoms with Crippen molar-refractivity contribution in [3.05, 3.63) is 53.6 Å². The monoisotopic (exact) mass is 388 g/mol. The molecule has 0 radical (unpaired) electrons. The first-order valence-electron chi connectivity index (χ1n) is 8.02. The van der Waals surface area contributed by atoms with Crippen LogP contribution in [0.5, 0.6) is 5.75 Å². The van der Waals surface area contributed by atoms with Crippen LogP contribution in [0.15, 0.2) is 47.4 Å². The number of primary amides is 1. The minimum absolute atomic E-state index is 0.114. The van der Waals surface area contributed by atoms with E-state index in [-0.39, 0.29) is 18.3 Å². The smallest absolute Gasteiger partial charge is 0.337 e. The average Bonchev–Trinajstić information content (AvgIpc) is 2.66. The Morgan fingerprint density at radius 1 is 1.15 bits per heavy atom. The van der Waals surface area contributed by atoms with Crippen LogP contribution < -0.4 is 15.8 Å². The number of benzene rings is 2. The van der Waals surface area contributed by atoms with Crippen LogP contribution in [0, 0.1) is 6.92 Å². The topological polar surface area (TPSA) is 108 Å². The molecule has 0 fully saturated rings. The summed E-state index contributed by atoms with van der Waals surface area (Å²) in [7, 11) is 1.30. The van der Waals surface area contributed by atoms with E-state index in [9.17, 15) is 14.4 Å². The Hall–Kier alpha value is -3.00. The molecule has 0 atom stereocenters. The zero-order valence-corrected chi connectivity index (χ0v) is 15.8. The Kier molecular flexibility index (Phi) is 7.25. The highest BCUT2D eigenvalue weighted by atomic mass is 32.2. The molecule has 2 aromatic rings. The molecule has 0 unspecified atom stereocenters. The number of rotatable bonds is 8. The molecule has 0 saturated heterocycles. The molecule has 0 aliphatic heterocycles. The number of anilines is 1. The van der Waals surface area contributed by atoms with Crippen LogP contribution in [-0.2, 0) is 14.3 Å². The van der Waals surface area contributed by atoms with Gasteiger partial charge >= 0.3 is 5.97 Å².